The molecule has 0 spiro atoms. The number of nitrogens with one attached hydrogen (secondary N) is 1. The molecule has 10 heteroatoms. The lowest BCUT2D eigenvalue weighted by Crippen LogP contribution is -2.37. The summed E-state index contributed by atoms with van der Waals surface area (Å²) in [6.07, 6.45) is 8.40. The molecule has 1 amide bonds. The van der Waals surface area contributed by atoms with Crippen molar-refractivity contribution in [3.8, 4) is 11.3 Å². The van der Waals surface area contributed by atoms with Crippen LogP contribution in [0.5, 0.6) is 0 Å². The SMILES string of the molecule is Cn1ccc(-c2ccc3nnc(Sc4ccc5ncc(C6CCC(NC(=O)OC(C)(C)C)C6)cc5c4)n3c2)n1. The van der Waals surface area contributed by atoms with Crippen molar-refractivity contribution < 1.29 is 9.53 Å². The normalized spacial score (nSPS) is 17.6. The zero-order chi connectivity index (χ0) is 27.1. The van der Waals surface area contributed by atoms with Crippen LogP contribution in [0.4, 0.5) is 4.79 Å². The first-order chi connectivity index (χ1) is 18.7. The van der Waals surface area contributed by atoms with Crippen LogP contribution in [0, 0.1) is 0 Å². The lowest BCUT2D eigenvalue weighted by Gasteiger charge is -2.21. The fraction of sp³-hybridized carbons (Fsp3) is 0.345. The first-order valence-electron chi connectivity index (χ1n) is 13.1. The maximum Gasteiger partial charge on any atom is 0.407 e. The number of hydrogen-bond donors (Lipinski definition) is 1. The molecule has 39 heavy (non-hydrogen) atoms. The van der Waals surface area contributed by atoms with Gasteiger partial charge in [-0.3, -0.25) is 14.1 Å². The van der Waals surface area contributed by atoms with Gasteiger partial charge in [-0.15, -0.1) is 10.2 Å². The summed E-state index contributed by atoms with van der Waals surface area (Å²) in [7, 11) is 1.91. The van der Waals surface area contributed by atoms with Gasteiger partial charge >= 0.3 is 6.09 Å². The first-order valence-corrected chi connectivity index (χ1v) is 13.9. The summed E-state index contributed by atoms with van der Waals surface area (Å²) in [6, 6.07) is 14.6. The van der Waals surface area contributed by atoms with E-state index in [4.69, 9.17) is 9.72 Å². The second kappa shape index (κ2) is 10.00. The van der Waals surface area contributed by atoms with Crippen LogP contribution in [0.15, 0.2) is 71.1 Å². The Balaban J connectivity index is 1.19. The monoisotopic (exact) mass is 541 g/mol. The number of aryl methyl sites for hydroxylation is 1. The first kappa shape index (κ1) is 25.4. The Morgan fingerprint density at radius 3 is 2.77 bits per heavy atom. The molecule has 1 aliphatic rings. The average Bonchev–Trinajstić information content (AvgIpc) is 3.63. The van der Waals surface area contributed by atoms with Gasteiger partial charge in [0, 0.05) is 47.5 Å². The Bertz CT molecular complexity index is 1670. The molecule has 0 bridgehead atoms. The number of hydrogen-bond acceptors (Lipinski definition) is 7. The number of ether oxygens (including phenoxy) is 1. The Morgan fingerprint density at radius 2 is 1.97 bits per heavy atom. The molecule has 9 nitrogen and oxygen atoms in total. The van der Waals surface area contributed by atoms with Gasteiger partial charge < -0.3 is 10.1 Å². The smallest absolute Gasteiger partial charge is 0.407 e. The summed E-state index contributed by atoms with van der Waals surface area (Å²) in [6.45, 7) is 5.63. The van der Waals surface area contributed by atoms with Crippen LogP contribution in [0.1, 0.15) is 51.5 Å². The molecule has 2 atom stereocenters. The molecule has 1 fully saturated rings. The molecule has 200 valence electrons. The largest absolute Gasteiger partial charge is 0.444 e. The second-order valence-corrected chi connectivity index (χ2v) is 12.1. The highest BCUT2D eigenvalue weighted by Crippen LogP contribution is 2.36. The van der Waals surface area contributed by atoms with Crippen molar-refractivity contribution in [2.75, 3.05) is 0 Å². The van der Waals surface area contributed by atoms with Gasteiger partial charge in [-0.25, -0.2) is 4.79 Å². The lowest BCUT2D eigenvalue weighted by molar-refractivity contribution is 0.0505. The number of alkyl carbamates (subject to hydrolysis) is 1. The molecule has 1 aromatic carbocycles. The number of carbonyl (C=O) groups is 1. The molecule has 1 saturated carbocycles. The van der Waals surface area contributed by atoms with Gasteiger partial charge in [-0.05, 0) is 106 Å². The molecule has 0 radical (unpaired) electrons. The highest BCUT2D eigenvalue weighted by atomic mass is 32.2. The van der Waals surface area contributed by atoms with Crippen LogP contribution in [0.2, 0.25) is 0 Å². The lowest BCUT2D eigenvalue weighted by atomic mass is 9.98. The number of aromatic nitrogens is 6. The summed E-state index contributed by atoms with van der Waals surface area (Å²) < 4.78 is 9.23. The summed E-state index contributed by atoms with van der Waals surface area (Å²) in [5.41, 5.74) is 4.36. The second-order valence-electron chi connectivity index (χ2n) is 11.1. The van der Waals surface area contributed by atoms with Crippen molar-refractivity contribution in [1.29, 1.82) is 0 Å². The zero-order valence-electron chi connectivity index (χ0n) is 22.5. The summed E-state index contributed by atoms with van der Waals surface area (Å²) in [5, 5.41) is 18.2. The Labute approximate surface area is 231 Å². The Hall–Kier alpha value is -3.92. The third-order valence-corrected chi connectivity index (χ3v) is 7.84. The van der Waals surface area contributed by atoms with Gasteiger partial charge in [0.15, 0.2) is 10.8 Å². The number of benzene rings is 1. The molecule has 0 aliphatic heterocycles. The van der Waals surface area contributed by atoms with E-state index in [1.165, 1.54) is 5.56 Å². The average molecular weight is 542 g/mol. The summed E-state index contributed by atoms with van der Waals surface area (Å²) in [5.74, 6) is 0.351. The summed E-state index contributed by atoms with van der Waals surface area (Å²) in [4.78, 5) is 18.0. The van der Waals surface area contributed by atoms with Crippen molar-refractivity contribution in [3.63, 3.8) is 0 Å². The van der Waals surface area contributed by atoms with E-state index in [9.17, 15) is 4.79 Å². The number of nitrogens with zero attached hydrogens (tertiary/aromatic N) is 6. The Kier molecular flexibility index (Phi) is 6.50. The quantitative estimate of drug-likeness (QED) is 0.292. The van der Waals surface area contributed by atoms with Gasteiger partial charge in [0.05, 0.1) is 11.2 Å². The predicted molar refractivity (Wildman–Crippen MR) is 151 cm³/mol. The minimum absolute atomic E-state index is 0.111. The number of fused-ring (bicyclic) bond motifs is 2. The minimum Gasteiger partial charge on any atom is -0.444 e. The highest BCUT2D eigenvalue weighted by molar-refractivity contribution is 7.99. The molecule has 1 N–H and O–H groups in total. The van der Waals surface area contributed by atoms with E-state index < -0.39 is 5.60 Å². The van der Waals surface area contributed by atoms with E-state index in [2.05, 4.69) is 38.8 Å². The van der Waals surface area contributed by atoms with Crippen LogP contribution in [0.3, 0.4) is 0 Å². The van der Waals surface area contributed by atoms with Gasteiger partial charge in [-0.2, -0.15) is 5.10 Å². The van der Waals surface area contributed by atoms with Crippen molar-refractivity contribution in [3.05, 3.63) is 66.6 Å². The van der Waals surface area contributed by atoms with Gasteiger partial charge in [0.2, 0.25) is 0 Å². The maximum atomic E-state index is 12.2. The molecule has 4 heterocycles. The van der Waals surface area contributed by atoms with Crippen molar-refractivity contribution in [1.82, 2.24) is 34.7 Å². The molecule has 1 aliphatic carbocycles. The third-order valence-electron chi connectivity index (χ3n) is 6.89. The van der Waals surface area contributed by atoms with Crippen molar-refractivity contribution in [2.45, 2.75) is 67.6 Å². The molecular weight excluding hydrogens is 510 g/mol. The molecule has 2 unspecified atom stereocenters. The molecule has 6 rings (SSSR count). The van der Waals surface area contributed by atoms with Crippen LogP contribution in [-0.4, -0.2) is 47.1 Å². The van der Waals surface area contributed by atoms with Crippen molar-refractivity contribution in [2.24, 2.45) is 7.05 Å². The van der Waals surface area contributed by atoms with Gasteiger partial charge in [-0.1, -0.05) is 0 Å². The molecule has 0 saturated heterocycles. The van der Waals surface area contributed by atoms with Crippen LogP contribution >= 0.6 is 11.8 Å². The standard InChI is InChI=1S/C29H31N7O2S/c1-29(2,3)38-28(37)31-22-7-5-18(14-22)21-13-20-15-23(8-9-24(20)30-16-21)39-27-33-32-26-10-6-19(17-36(26)27)25-11-12-35(4)34-25/h6,8-13,15-18,22H,5,7,14H2,1-4H3,(H,31,37). The number of carbonyl (C=O) groups excluding carboxylic acids is 1. The van der Waals surface area contributed by atoms with Crippen molar-refractivity contribution >= 4 is 34.4 Å². The van der Waals surface area contributed by atoms with Crippen LogP contribution in [-0.2, 0) is 11.8 Å². The van der Waals surface area contributed by atoms with E-state index in [-0.39, 0.29) is 12.1 Å². The Morgan fingerprint density at radius 1 is 1.10 bits per heavy atom. The third kappa shape index (κ3) is 5.61. The number of amides is 1. The van der Waals surface area contributed by atoms with Crippen LogP contribution < -0.4 is 5.32 Å². The highest BCUT2D eigenvalue weighted by Gasteiger charge is 2.29. The fourth-order valence-electron chi connectivity index (χ4n) is 5.07. The minimum atomic E-state index is -0.500. The van der Waals surface area contributed by atoms with E-state index in [0.717, 1.165) is 57.1 Å². The topological polar surface area (TPSA) is 99.2 Å². The van der Waals surface area contributed by atoms with E-state index in [1.54, 1.807) is 16.4 Å². The number of pyridine rings is 2. The maximum absolute atomic E-state index is 12.2. The molecule has 4 aromatic heterocycles. The van der Waals surface area contributed by atoms with Crippen LogP contribution in [0.25, 0.3) is 27.8 Å². The predicted octanol–water partition coefficient (Wildman–Crippen LogP) is 5.99. The number of rotatable bonds is 5. The molecular formula is C29H31N7O2S. The van der Waals surface area contributed by atoms with E-state index in [1.807, 2.05) is 75.1 Å². The zero-order valence-corrected chi connectivity index (χ0v) is 23.3. The fourth-order valence-corrected chi connectivity index (χ4v) is 5.93. The van der Waals surface area contributed by atoms with Gasteiger partial charge in [0.25, 0.3) is 0 Å². The summed E-state index contributed by atoms with van der Waals surface area (Å²) >= 11 is 1.57. The van der Waals surface area contributed by atoms with E-state index in [0.29, 0.717) is 5.92 Å². The molecule has 5 aromatic rings. The van der Waals surface area contributed by atoms with Gasteiger partial charge in [0.1, 0.15) is 5.60 Å². The van der Waals surface area contributed by atoms with E-state index >= 15 is 0 Å².